The summed E-state index contributed by atoms with van der Waals surface area (Å²) in [4.78, 5) is 20.4. The fourth-order valence-corrected chi connectivity index (χ4v) is 4.22. The minimum atomic E-state index is -2.65. The number of nitrogens with one attached hydrogen (secondary N) is 1. The highest BCUT2D eigenvalue weighted by Crippen LogP contribution is 2.38. The molecule has 0 bridgehead atoms. The third kappa shape index (κ3) is 4.04. The van der Waals surface area contributed by atoms with Gasteiger partial charge in [0.25, 0.3) is 11.8 Å². The van der Waals surface area contributed by atoms with Crippen LogP contribution in [0.4, 0.5) is 8.78 Å². The van der Waals surface area contributed by atoms with Crippen molar-refractivity contribution in [3.8, 4) is 0 Å². The Morgan fingerprint density at radius 3 is 2.89 bits per heavy atom. The van der Waals surface area contributed by atoms with Crippen LogP contribution >= 0.6 is 0 Å². The summed E-state index contributed by atoms with van der Waals surface area (Å²) in [5.41, 5.74) is 0.959. The molecule has 1 aromatic heterocycles. The van der Waals surface area contributed by atoms with E-state index in [0.717, 1.165) is 31.5 Å². The standard InChI is InChI=1S/C19H27F2N5O2/c1-13(2)26-11-14(9-22-26)10-25-5-3-4-18(12-25)8-16(24-28-18)17(27)23-15-6-19(20,21)7-15/h9,11,13,15H,3-8,10,12H2,1-2H3,(H,23,27). The normalized spacial score (nSPS) is 27.5. The van der Waals surface area contributed by atoms with E-state index in [9.17, 15) is 13.6 Å². The highest BCUT2D eigenvalue weighted by molar-refractivity contribution is 6.39. The van der Waals surface area contributed by atoms with Gasteiger partial charge in [0.15, 0.2) is 5.60 Å². The van der Waals surface area contributed by atoms with E-state index in [0.29, 0.717) is 24.7 Å². The number of hydrogen-bond donors (Lipinski definition) is 1. The predicted octanol–water partition coefficient (Wildman–Crippen LogP) is 2.49. The van der Waals surface area contributed by atoms with Crippen molar-refractivity contribution < 1.29 is 18.4 Å². The number of oxime groups is 1. The van der Waals surface area contributed by atoms with E-state index in [1.54, 1.807) is 0 Å². The van der Waals surface area contributed by atoms with Gasteiger partial charge < -0.3 is 10.2 Å². The third-order valence-corrected chi connectivity index (χ3v) is 5.74. The lowest BCUT2D eigenvalue weighted by molar-refractivity contribution is -0.123. The molecule has 1 unspecified atom stereocenters. The molecule has 0 aromatic carbocycles. The van der Waals surface area contributed by atoms with Gasteiger partial charge in [-0.05, 0) is 33.2 Å². The second-order valence-electron chi connectivity index (χ2n) is 8.66. The van der Waals surface area contributed by atoms with Crippen LogP contribution in [0.3, 0.4) is 0 Å². The van der Waals surface area contributed by atoms with Crippen molar-refractivity contribution in [2.45, 2.75) is 76.1 Å². The van der Waals surface area contributed by atoms with Crippen LogP contribution in [0.2, 0.25) is 0 Å². The summed E-state index contributed by atoms with van der Waals surface area (Å²) in [6.45, 7) is 6.59. The molecule has 1 N–H and O–H groups in total. The zero-order valence-electron chi connectivity index (χ0n) is 16.3. The van der Waals surface area contributed by atoms with Crippen LogP contribution in [0.5, 0.6) is 0 Å². The fourth-order valence-electron chi connectivity index (χ4n) is 4.22. The van der Waals surface area contributed by atoms with Gasteiger partial charge in [0, 0.05) is 56.2 Å². The van der Waals surface area contributed by atoms with E-state index < -0.39 is 17.6 Å². The van der Waals surface area contributed by atoms with Gasteiger partial charge in [-0.1, -0.05) is 5.16 Å². The molecule has 1 amide bonds. The number of amides is 1. The van der Waals surface area contributed by atoms with Crippen LogP contribution in [0, 0.1) is 0 Å². The molecule has 9 heteroatoms. The van der Waals surface area contributed by atoms with Crippen molar-refractivity contribution in [2.24, 2.45) is 5.16 Å². The first-order valence-electron chi connectivity index (χ1n) is 9.93. The van der Waals surface area contributed by atoms with Crippen LogP contribution in [-0.4, -0.2) is 57.0 Å². The molecule has 1 atom stereocenters. The van der Waals surface area contributed by atoms with Crippen LogP contribution in [0.15, 0.2) is 17.5 Å². The second kappa shape index (κ2) is 7.09. The molecule has 1 saturated heterocycles. The molecule has 2 aliphatic heterocycles. The Morgan fingerprint density at radius 1 is 1.43 bits per heavy atom. The summed E-state index contributed by atoms with van der Waals surface area (Å²) >= 11 is 0. The SMILES string of the molecule is CC(C)n1cc(CN2CCCC3(CC(C(=O)NC4CC(F)(F)C4)=NO3)C2)cn1. The number of carbonyl (C=O) groups excluding carboxylic acids is 1. The van der Waals surface area contributed by atoms with Gasteiger partial charge in [0.05, 0.1) is 6.20 Å². The minimum Gasteiger partial charge on any atom is -0.387 e. The maximum absolute atomic E-state index is 13.0. The monoisotopic (exact) mass is 395 g/mol. The van der Waals surface area contributed by atoms with Gasteiger partial charge >= 0.3 is 0 Å². The average Bonchev–Trinajstić information content (AvgIpc) is 3.21. The summed E-state index contributed by atoms with van der Waals surface area (Å²) in [5.74, 6) is -3.03. The van der Waals surface area contributed by atoms with Crippen molar-refractivity contribution in [1.82, 2.24) is 20.0 Å². The predicted molar refractivity (Wildman–Crippen MR) is 99.1 cm³/mol. The minimum absolute atomic E-state index is 0.296. The molecular formula is C19H27F2N5O2. The quantitative estimate of drug-likeness (QED) is 0.832. The lowest BCUT2D eigenvalue weighted by atomic mass is 9.86. The number of nitrogens with zero attached hydrogens (tertiary/aromatic N) is 4. The van der Waals surface area contributed by atoms with Gasteiger partial charge in [-0.25, -0.2) is 8.78 Å². The maximum Gasteiger partial charge on any atom is 0.269 e. The van der Waals surface area contributed by atoms with E-state index in [4.69, 9.17) is 4.84 Å². The van der Waals surface area contributed by atoms with Crippen LogP contribution in [-0.2, 0) is 16.2 Å². The Hall–Kier alpha value is -2.03. The number of alkyl halides is 2. The molecule has 1 saturated carbocycles. The van der Waals surface area contributed by atoms with Crippen molar-refractivity contribution in [3.05, 3.63) is 18.0 Å². The number of halogens is 2. The van der Waals surface area contributed by atoms with E-state index in [2.05, 4.69) is 40.5 Å². The molecule has 7 nitrogen and oxygen atoms in total. The molecule has 2 fully saturated rings. The Balaban J connectivity index is 1.31. The Bertz CT molecular complexity index is 770. The number of rotatable bonds is 5. The summed E-state index contributed by atoms with van der Waals surface area (Å²) in [6, 6.07) is -0.146. The van der Waals surface area contributed by atoms with Crippen molar-refractivity contribution in [2.75, 3.05) is 13.1 Å². The number of piperidine rings is 1. The first-order chi connectivity index (χ1) is 13.2. The molecule has 0 radical (unpaired) electrons. The van der Waals surface area contributed by atoms with Crippen molar-refractivity contribution in [3.63, 3.8) is 0 Å². The van der Waals surface area contributed by atoms with Crippen LogP contribution in [0.1, 0.15) is 57.6 Å². The Morgan fingerprint density at radius 2 is 2.21 bits per heavy atom. The van der Waals surface area contributed by atoms with E-state index in [1.807, 2.05) is 10.9 Å². The molecule has 1 spiro atoms. The number of carbonyl (C=O) groups is 1. The molecular weight excluding hydrogens is 368 g/mol. The van der Waals surface area contributed by atoms with Crippen molar-refractivity contribution >= 4 is 11.6 Å². The first kappa shape index (κ1) is 19.3. The number of likely N-dealkylation sites (tertiary alicyclic amines) is 1. The lowest BCUT2D eigenvalue weighted by Gasteiger charge is -2.38. The van der Waals surface area contributed by atoms with Gasteiger partial charge in [-0.15, -0.1) is 0 Å². The zero-order valence-corrected chi connectivity index (χ0v) is 16.3. The van der Waals surface area contributed by atoms with E-state index >= 15 is 0 Å². The van der Waals surface area contributed by atoms with E-state index in [-0.39, 0.29) is 18.7 Å². The van der Waals surface area contributed by atoms with Crippen LogP contribution in [0.25, 0.3) is 0 Å². The largest absolute Gasteiger partial charge is 0.387 e. The van der Waals surface area contributed by atoms with Gasteiger partial charge in [-0.2, -0.15) is 5.10 Å². The van der Waals surface area contributed by atoms with Crippen molar-refractivity contribution in [1.29, 1.82) is 0 Å². The summed E-state index contributed by atoms with van der Waals surface area (Å²) < 4.78 is 27.8. The zero-order chi connectivity index (χ0) is 19.9. The molecule has 3 aliphatic rings. The molecule has 3 heterocycles. The van der Waals surface area contributed by atoms with Crippen LogP contribution < -0.4 is 5.32 Å². The molecule has 154 valence electrons. The summed E-state index contributed by atoms with van der Waals surface area (Å²) in [5, 5.41) is 11.0. The van der Waals surface area contributed by atoms with E-state index in [1.165, 1.54) is 0 Å². The number of aromatic nitrogens is 2. The summed E-state index contributed by atoms with van der Waals surface area (Å²) in [6.07, 6.45) is 5.56. The molecule has 28 heavy (non-hydrogen) atoms. The Kier molecular flexibility index (Phi) is 4.89. The fraction of sp³-hybridized carbons (Fsp3) is 0.737. The topological polar surface area (TPSA) is 71.8 Å². The highest BCUT2D eigenvalue weighted by atomic mass is 19.3. The molecule has 1 aliphatic carbocycles. The number of hydrogen-bond acceptors (Lipinski definition) is 5. The van der Waals surface area contributed by atoms with Gasteiger partial charge in [-0.3, -0.25) is 14.4 Å². The highest BCUT2D eigenvalue weighted by Gasteiger charge is 2.48. The second-order valence-corrected chi connectivity index (χ2v) is 8.66. The van der Waals surface area contributed by atoms with Gasteiger partial charge in [0.1, 0.15) is 5.71 Å². The lowest BCUT2D eigenvalue weighted by Crippen LogP contribution is -2.53. The molecule has 4 rings (SSSR count). The first-order valence-corrected chi connectivity index (χ1v) is 9.93. The smallest absolute Gasteiger partial charge is 0.269 e. The summed E-state index contributed by atoms with van der Waals surface area (Å²) in [7, 11) is 0. The Labute approximate surface area is 163 Å². The van der Waals surface area contributed by atoms with Gasteiger partial charge in [0.2, 0.25) is 0 Å². The molecule has 1 aromatic rings. The average molecular weight is 395 g/mol. The third-order valence-electron chi connectivity index (χ3n) is 5.74. The maximum atomic E-state index is 13.0.